The lowest BCUT2D eigenvalue weighted by molar-refractivity contribution is 0.735. The van der Waals surface area contributed by atoms with Gasteiger partial charge in [0.15, 0.2) is 5.96 Å². The van der Waals surface area contributed by atoms with Crippen LogP contribution in [0.15, 0.2) is 27.9 Å². The molecule has 0 atom stereocenters. The van der Waals surface area contributed by atoms with Crippen molar-refractivity contribution in [1.29, 1.82) is 0 Å². The number of unbranched alkanes of at least 4 members (excludes halogenated alkanes) is 1. The third-order valence-electron chi connectivity index (χ3n) is 3.01. The maximum Gasteiger partial charge on any atom is 0.188 e. The van der Waals surface area contributed by atoms with Crippen molar-refractivity contribution in [1.82, 2.24) is 10.3 Å². The van der Waals surface area contributed by atoms with Crippen molar-refractivity contribution in [3.63, 3.8) is 0 Å². The minimum absolute atomic E-state index is 0.552. The Balaban J connectivity index is 1.53. The zero-order valence-corrected chi connectivity index (χ0v) is 14.0. The summed E-state index contributed by atoms with van der Waals surface area (Å²) in [5, 5.41) is 8.57. The van der Waals surface area contributed by atoms with Gasteiger partial charge < -0.3 is 11.1 Å². The molecule has 0 aromatic carbocycles. The number of nitrogens with two attached hydrogens (primary N) is 1. The zero-order valence-electron chi connectivity index (χ0n) is 12.3. The summed E-state index contributed by atoms with van der Waals surface area (Å²) in [7, 11) is 0. The van der Waals surface area contributed by atoms with Gasteiger partial charge in [0.2, 0.25) is 0 Å². The predicted octanol–water partition coefficient (Wildman–Crippen LogP) is 2.98. The van der Waals surface area contributed by atoms with E-state index in [4.69, 9.17) is 5.73 Å². The number of rotatable bonds is 8. The van der Waals surface area contributed by atoms with E-state index in [9.17, 15) is 0 Å². The van der Waals surface area contributed by atoms with Crippen molar-refractivity contribution in [3.05, 3.63) is 38.5 Å². The van der Waals surface area contributed by atoms with Gasteiger partial charge in [-0.1, -0.05) is 6.07 Å². The Morgan fingerprint density at radius 2 is 2.24 bits per heavy atom. The van der Waals surface area contributed by atoms with Gasteiger partial charge in [0.25, 0.3) is 0 Å². The molecule has 6 heteroatoms. The number of hydrogen-bond donors (Lipinski definition) is 2. The number of aliphatic imine (C=N–C) groups is 1. The molecule has 0 saturated heterocycles. The Bertz CT molecular complexity index is 546. The number of thiazole rings is 1. The molecule has 0 unspecified atom stereocenters. The Morgan fingerprint density at radius 3 is 2.95 bits per heavy atom. The fourth-order valence-corrected chi connectivity index (χ4v) is 3.46. The van der Waals surface area contributed by atoms with Gasteiger partial charge in [-0.05, 0) is 44.1 Å². The number of thiophene rings is 1. The van der Waals surface area contributed by atoms with E-state index in [0.29, 0.717) is 5.96 Å². The highest BCUT2D eigenvalue weighted by molar-refractivity contribution is 7.10. The van der Waals surface area contributed by atoms with Crippen LogP contribution in [-0.4, -0.2) is 24.0 Å². The number of aromatic nitrogens is 1. The minimum Gasteiger partial charge on any atom is -0.370 e. The van der Waals surface area contributed by atoms with Gasteiger partial charge in [-0.3, -0.25) is 4.99 Å². The van der Waals surface area contributed by atoms with Crippen LogP contribution < -0.4 is 11.1 Å². The summed E-state index contributed by atoms with van der Waals surface area (Å²) in [5.41, 5.74) is 6.96. The summed E-state index contributed by atoms with van der Waals surface area (Å²) in [5.74, 6) is 0.552. The number of hydrogen-bond acceptors (Lipinski definition) is 4. The first-order chi connectivity index (χ1) is 10.2. The van der Waals surface area contributed by atoms with Crippen LogP contribution in [0.3, 0.4) is 0 Å². The van der Waals surface area contributed by atoms with Crippen LogP contribution in [0.1, 0.15) is 28.4 Å². The molecular weight excluding hydrogens is 300 g/mol. The second-order valence-electron chi connectivity index (χ2n) is 4.86. The average Bonchev–Trinajstić information content (AvgIpc) is 3.10. The SMILES string of the molecule is Cc1csc(CCCCN=C(N)NCCc2cccs2)n1. The van der Waals surface area contributed by atoms with E-state index in [2.05, 4.69) is 38.2 Å². The first-order valence-corrected chi connectivity index (χ1v) is 8.97. The molecule has 0 aliphatic rings. The van der Waals surface area contributed by atoms with Crippen molar-refractivity contribution >= 4 is 28.6 Å². The number of aryl methyl sites for hydroxylation is 2. The Labute approximate surface area is 134 Å². The molecule has 0 saturated carbocycles. The van der Waals surface area contributed by atoms with E-state index in [-0.39, 0.29) is 0 Å². The molecular formula is C15H22N4S2. The van der Waals surface area contributed by atoms with Crippen LogP contribution in [0.2, 0.25) is 0 Å². The molecule has 114 valence electrons. The molecule has 4 nitrogen and oxygen atoms in total. The average molecular weight is 323 g/mol. The lowest BCUT2D eigenvalue weighted by Gasteiger charge is -2.04. The van der Waals surface area contributed by atoms with Crippen LogP contribution in [0.5, 0.6) is 0 Å². The van der Waals surface area contributed by atoms with Crippen LogP contribution in [0.4, 0.5) is 0 Å². The number of nitrogens with zero attached hydrogens (tertiary/aromatic N) is 2. The third kappa shape index (κ3) is 6.27. The smallest absolute Gasteiger partial charge is 0.188 e. The quantitative estimate of drug-likeness (QED) is 0.446. The normalized spacial score (nSPS) is 11.8. The van der Waals surface area contributed by atoms with E-state index in [1.54, 1.807) is 22.7 Å². The largest absolute Gasteiger partial charge is 0.370 e. The van der Waals surface area contributed by atoms with Crippen molar-refractivity contribution in [2.45, 2.75) is 32.6 Å². The molecule has 2 aromatic rings. The van der Waals surface area contributed by atoms with E-state index < -0.39 is 0 Å². The van der Waals surface area contributed by atoms with Gasteiger partial charge in [0.05, 0.1) is 5.01 Å². The van der Waals surface area contributed by atoms with Gasteiger partial charge in [-0.25, -0.2) is 4.98 Å². The molecule has 0 amide bonds. The summed E-state index contributed by atoms with van der Waals surface area (Å²) in [4.78, 5) is 10.2. The molecule has 2 rings (SSSR count). The summed E-state index contributed by atoms with van der Waals surface area (Å²) >= 11 is 3.51. The first-order valence-electron chi connectivity index (χ1n) is 7.21. The van der Waals surface area contributed by atoms with E-state index in [1.165, 1.54) is 9.88 Å². The Kier molecular flexibility index (Phi) is 6.69. The highest BCUT2D eigenvalue weighted by Crippen LogP contribution is 2.11. The monoisotopic (exact) mass is 322 g/mol. The van der Waals surface area contributed by atoms with Crippen LogP contribution in [0.25, 0.3) is 0 Å². The van der Waals surface area contributed by atoms with Gasteiger partial charge in [0, 0.05) is 29.0 Å². The minimum atomic E-state index is 0.552. The van der Waals surface area contributed by atoms with Crippen LogP contribution in [0, 0.1) is 6.92 Å². The summed E-state index contributed by atoms with van der Waals surface area (Å²) in [6.45, 7) is 3.66. The second kappa shape index (κ2) is 8.79. The van der Waals surface area contributed by atoms with Gasteiger partial charge >= 0.3 is 0 Å². The van der Waals surface area contributed by atoms with Crippen LogP contribution >= 0.6 is 22.7 Å². The highest BCUT2D eigenvalue weighted by Gasteiger charge is 1.98. The molecule has 0 spiro atoms. The molecule has 2 heterocycles. The van der Waals surface area contributed by atoms with Crippen molar-refractivity contribution in [2.75, 3.05) is 13.1 Å². The standard InChI is InChI=1S/C15H22N4S2/c1-12-11-21-14(19-12)6-2-3-8-17-15(16)18-9-7-13-5-4-10-20-13/h4-5,10-11H,2-3,6-9H2,1H3,(H3,16,17,18). The zero-order chi connectivity index (χ0) is 14.9. The second-order valence-corrected chi connectivity index (χ2v) is 6.84. The van der Waals surface area contributed by atoms with Gasteiger partial charge in [-0.2, -0.15) is 0 Å². The number of nitrogens with one attached hydrogen (secondary N) is 1. The topological polar surface area (TPSA) is 63.3 Å². The summed E-state index contributed by atoms with van der Waals surface area (Å²) in [6.07, 6.45) is 4.20. The molecule has 0 aliphatic heterocycles. The molecule has 2 aromatic heterocycles. The first kappa shape index (κ1) is 16.0. The van der Waals surface area contributed by atoms with Crippen molar-refractivity contribution in [3.8, 4) is 0 Å². The lowest BCUT2D eigenvalue weighted by atomic mass is 10.2. The summed E-state index contributed by atoms with van der Waals surface area (Å²) < 4.78 is 0. The maximum atomic E-state index is 5.84. The van der Waals surface area contributed by atoms with E-state index in [0.717, 1.165) is 44.5 Å². The number of guanidine groups is 1. The van der Waals surface area contributed by atoms with Crippen LogP contribution in [-0.2, 0) is 12.8 Å². The molecule has 0 radical (unpaired) electrons. The van der Waals surface area contributed by atoms with Crippen molar-refractivity contribution in [2.24, 2.45) is 10.7 Å². The molecule has 3 N–H and O–H groups in total. The molecule has 0 bridgehead atoms. The van der Waals surface area contributed by atoms with E-state index >= 15 is 0 Å². The van der Waals surface area contributed by atoms with Gasteiger partial charge in [-0.15, -0.1) is 22.7 Å². The summed E-state index contributed by atoms with van der Waals surface area (Å²) in [6, 6.07) is 4.21. The molecule has 0 fully saturated rings. The Hall–Kier alpha value is -1.40. The predicted molar refractivity (Wildman–Crippen MR) is 92.3 cm³/mol. The lowest BCUT2D eigenvalue weighted by Crippen LogP contribution is -2.33. The maximum absolute atomic E-state index is 5.84. The Morgan fingerprint density at radius 1 is 1.33 bits per heavy atom. The molecule has 0 aliphatic carbocycles. The van der Waals surface area contributed by atoms with E-state index in [1.807, 2.05) is 6.92 Å². The van der Waals surface area contributed by atoms with Gasteiger partial charge in [0.1, 0.15) is 0 Å². The molecule has 21 heavy (non-hydrogen) atoms. The fraction of sp³-hybridized carbons (Fsp3) is 0.467. The van der Waals surface area contributed by atoms with Crippen molar-refractivity contribution < 1.29 is 0 Å². The fourth-order valence-electron chi connectivity index (χ4n) is 1.93. The highest BCUT2D eigenvalue weighted by atomic mass is 32.1. The third-order valence-corrected chi connectivity index (χ3v) is 4.97.